The Bertz CT molecular complexity index is 1260. The molecule has 2 amide bonds. The van der Waals surface area contributed by atoms with E-state index in [9.17, 15) is 9.59 Å². The summed E-state index contributed by atoms with van der Waals surface area (Å²) in [6, 6.07) is 6.85. The van der Waals surface area contributed by atoms with Crippen LogP contribution in [0.4, 0.5) is 5.69 Å². The molecule has 0 radical (unpaired) electrons. The van der Waals surface area contributed by atoms with E-state index in [0.29, 0.717) is 28.7 Å². The van der Waals surface area contributed by atoms with Gasteiger partial charge in [-0.15, -0.1) is 0 Å². The Kier molecular flexibility index (Phi) is 6.06. The smallest absolute Gasteiger partial charge is 0.256 e. The Morgan fingerprint density at radius 3 is 2.71 bits per heavy atom. The Hall–Kier alpha value is -2.93. The Labute approximate surface area is 204 Å². The largest absolute Gasteiger partial charge is 0.330 e. The first-order valence-corrected chi connectivity index (χ1v) is 12.4. The summed E-state index contributed by atoms with van der Waals surface area (Å²) < 4.78 is 1.84. The van der Waals surface area contributed by atoms with Crippen LogP contribution in [-0.4, -0.2) is 37.9 Å². The van der Waals surface area contributed by atoms with Crippen LogP contribution in [0, 0.1) is 12.8 Å². The van der Waals surface area contributed by atoms with Gasteiger partial charge in [0.25, 0.3) is 5.91 Å². The van der Waals surface area contributed by atoms with Gasteiger partial charge in [-0.3, -0.25) is 9.59 Å². The third-order valence-corrected chi connectivity index (χ3v) is 7.31. The molecular weight excluding hydrogens is 450 g/mol. The number of carbonyl (C=O) groups is 2. The van der Waals surface area contributed by atoms with Crippen molar-refractivity contribution in [1.82, 2.24) is 19.5 Å². The predicted molar refractivity (Wildman–Crippen MR) is 132 cm³/mol. The topological polar surface area (TPSA) is 79.6 Å². The average Bonchev–Trinajstić information content (AvgIpc) is 3.19. The number of amides is 2. The van der Waals surface area contributed by atoms with Crippen molar-refractivity contribution in [2.75, 3.05) is 11.9 Å². The van der Waals surface area contributed by atoms with Crippen molar-refractivity contribution in [3.05, 3.63) is 58.0 Å². The van der Waals surface area contributed by atoms with E-state index in [1.54, 1.807) is 18.2 Å². The number of nitrogens with zero attached hydrogens (tertiary/aromatic N) is 4. The van der Waals surface area contributed by atoms with E-state index in [0.717, 1.165) is 42.1 Å². The standard InChI is InChI=1S/C26H30ClN5O2/c1-15-10-18(11-15)25-16(2)14-32-24(29-25)13-22(30-32)23-6-4-5-9-31(23)26(34)20-12-19(27)7-8-21(20)28-17(3)33/h7-8,12-15,18,23H,4-6,9-11H2,1-3H3,(H,28,33)/t15?,18?,23-/m0/s1. The van der Waals surface area contributed by atoms with Crippen LogP contribution in [0.1, 0.15) is 85.2 Å². The van der Waals surface area contributed by atoms with Crippen molar-refractivity contribution in [2.24, 2.45) is 5.92 Å². The maximum Gasteiger partial charge on any atom is 0.256 e. The van der Waals surface area contributed by atoms with E-state index >= 15 is 0 Å². The van der Waals surface area contributed by atoms with Gasteiger partial charge in [0.15, 0.2) is 5.65 Å². The third kappa shape index (κ3) is 4.29. The number of hydrogen-bond donors (Lipinski definition) is 1. The fourth-order valence-electron chi connectivity index (χ4n) is 5.37. The SMILES string of the molecule is CC(=O)Nc1ccc(Cl)cc1C(=O)N1CCCC[C@H]1c1cc2nc(C3CC(C)C3)c(C)cn2n1. The lowest BCUT2D eigenvalue weighted by atomic mass is 9.73. The summed E-state index contributed by atoms with van der Waals surface area (Å²) >= 11 is 6.22. The molecule has 1 saturated carbocycles. The number of rotatable bonds is 4. The molecule has 1 aliphatic carbocycles. The fourth-order valence-corrected chi connectivity index (χ4v) is 5.55. The molecule has 2 aliphatic rings. The lowest BCUT2D eigenvalue weighted by Crippen LogP contribution is -2.39. The fraction of sp³-hybridized carbons (Fsp3) is 0.462. The molecule has 0 unspecified atom stereocenters. The molecule has 3 aromatic rings. The van der Waals surface area contributed by atoms with E-state index in [1.807, 2.05) is 15.5 Å². The molecule has 7 nitrogen and oxygen atoms in total. The highest BCUT2D eigenvalue weighted by atomic mass is 35.5. The molecule has 1 aromatic carbocycles. The predicted octanol–water partition coefficient (Wildman–Crippen LogP) is 5.53. The minimum absolute atomic E-state index is 0.152. The van der Waals surface area contributed by atoms with Crippen LogP contribution in [0.15, 0.2) is 30.5 Å². The number of aryl methyl sites for hydroxylation is 1. The van der Waals surface area contributed by atoms with E-state index in [1.165, 1.54) is 25.5 Å². The molecular formula is C26H30ClN5O2. The van der Waals surface area contributed by atoms with Gasteiger partial charge in [-0.05, 0) is 68.7 Å². The highest BCUT2D eigenvalue weighted by Crippen LogP contribution is 2.42. The van der Waals surface area contributed by atoms with Crippen molar-refractivity contribution in [3.63, 3.8) is 0 Å². The number of halogens is 1. The van der Waals surface area contributed by atoms with Crippen LogP contribution in [0.5, 0.6) is 0 Å². The van der Waals surface area contributed by atoms with Crippen molar-refractivity contribution in [1.29, 1.82) is 0 Å². The number of benzene rings is 1. The highest BCUT2D eigenvalue weighted by molar-refractivity contribution is 6.31. The number of likely N-dealkylation sites (tertiary alicyclic amines) is 1. The van der Waals surface area contributed by atoms with E-state index in [4.69, 9.17) is 21.7 Å². The first-order chi connectivity index (χ1) is 16.3. The summed E-state index contributed by atoms with van der Waals surface area (Å²) in [7, 11) is 0. The summed E-state index contributed by atoms with van der Waals surface area (Å²) in [5, 5.41) is 8.05. The van der Waals surface area contributed by atoms with Gasteiger partial charge in [0.1, 0.15) is 0 Å². The molecule has 0 bridgehead atoms. The lowest BCUT2D eigenvalue weighted by Gasteiger charge is -2.35. The van der Waals surface area contributed by atoms with Crippen molar-refractivity contribution in [2.45, 2.75) is 64.8 Å². The average molecular weight is 480 g/mol. The van der Waals surface area contributed by atoms with Crippen LogP contribution >= 0.6 is 11.6 Å². The van der Waals surface area contributed by atoms with Gasteiger partial charge < -0.3 is 10.2 Å². The van der Waals surface area contributed by atoms with E-state index < -0.39 is 0 Å². The van der Waals surface area contributed by atoms with E-state index in [-0.39, 0.29) is 17.9 Å². The Balaban J connectivity index is 1.48. The zero-order valence-electron chi connectivity index (χ0n) is 19.8. The van der Waals surface area contributed by atoms with Crippen LogP contribution < -0.4 is 5.32 Å². The van der Waals surface area contributed by atoms with Gasteiger partial charge in [-0.1, -0.05) is 18.5 Å². The van der Waals surface area contributed by atoms with Crippen molar-refractivity contribution < 1.29 is 9.59 Å². The van der Waals surface area contributed by atoms with Crippen LogP contribution in [0.3, 0.4) is 0 Å². The second-order valence-electron chi connectivity index (χ2n) is 9.84. The lowest BCUT2D eigenvalue weighted by molar-refractivity contribution is -0.114. The molecule has 1 saturated heterocycles. The first kappa shape index (κ1) is 22.8. The zero-order chi connectivity index (χ0) is 24.0. The minimum atomic E-state index is -0.231. The Morgan fingerprint density at radius 1 is 1.18 bits per heavy atom. The maximum atomic E-state index is 13.7. The molecule has 5 rings (SSSR count). The van der Waals surface area contributed by atoms with Crippen LogP contribution in [-0.2, 0) is 4.79 Å². The second-order valence-corrected chi connectivity index (χ2v) is 10.3. The summed E-state index contributed by atoms with van der Waals surface area (Å²) in [5.74, 6) is 0.908. The van der Waals surface area contributed by atoms with Gasteiger partial charge >= 0.3 is 0 Å². The second kappa shape index (κ2) is 9.02. The Morgan fingerprint density at radius 2 is 1.97 bits per heavy atom. The highest BCUT2D eigenvalue weighted by Gasteiger charge is 2.33. The monoisotopic (exact) mass is 479 g/mol. The summed E-state index contributed by atoms with van der Waals surface area (Å²) in [6.45, 7) is 6.44. The molecule has 3 heterocycles. The van der Waals surface area contributed by atoms with Crippen molar-refractivity contribution >= 4 is 34.7 Å². The van der Waals surface area contributed by atoms with Gasteiger partial charge in [0, 0.05) is 36.7 Å². The van der Waals surface area contributed by atoms with Gasteiger partial charge in [-0.25, -0.2) is 9.50 Å². The molecule has 1 aliphatic heterocycles. The normalized spacial score (nSPS) is 22.5. The first-order valence-electron chi connectivity index (χ1n) is 12.0. The quantitative estimate of drug-likeness (QED) is 0.533. The van der Waals surface area contributed by atoms with Crippen LogP contribution in [0.25, 0.3) is 5.65 Å². The summed E-state index contributed by atoms with van der Waals surface area (Å²) in [6.07, 6.45) is 7.21. The summed E-state index contributed by atoms with van der Waals surface area (Å²) in [5.41, 5.74) is 4.88. The minimum Gasteiger partial charge on any atom is -0.330 e. The number of aromatic nitrogens is 3. The third-order valence-electron chi connectivity index (χ3n) is 7.08. The molecule has 1 atom stereocenters. The number of carbonyl (C=O) groups excluding carboxylic acids is 2. The maximum absolute atomic E-state index is 13.7. The number of piperidine rings is 1. The van der Waals surface area contributed by atoms with Gasteiger partial charge in [0.2, 0.25) is 5.91 Å². The molecule has 8 heteroatoms. The zero-order valence-corrected chi connectivity index (χ0v) is 20.6. The van der Waals surface area contributed by atoms with Gasteiger partial charge in [-0.2, -0.15) is 5.10 Å². The molecule has 34 heavy (non-hydrogen) atoms. The summed E-state index contributed by atoms with van der Waals surface area (Å²) in [4.78, 5) is 32.2. The molecule has 0 spiro atoms. The van der Waals surface area contributed by atoms with Gasteiger partial charge in [0.05, 0.1) is 28.7 Å². The number of anilines is 1. The number of fused-ring (bicyclic) bond motifs is 1. The number of nitrogens with one attached hydrogen (secondary N) is 1. The molecule has 1 N–H and O–H groups in total. The molecule has 2 aromatic heterocycles. The van der Waals surface area contributed by atoms with Crippen LogP contribution in [0.2, 0.25) is 5.02 Å². The van der Waals surface area contributed by atoms with E-state index in [2.05, 4.69) is 25.4 Å². The van der Waals surface area contributed by atoms with Crippen molar-refractivity contribution in [3.8, 4) is 0 Å². The molecule has 178 valence electrons. The molecule has 2 fully saturated rings. The number of hydrogen-bond acceptors (Lipinski definition) is 4.